The lowest BCUT2D eigenvalue weighted by atomic mass is 10.1. The van der Waals surface area contributed by atoms with Crippen LogP contribution in [0.1, 0.15) is 42.4 Å². The lowest BCUT2D eigenvalue weighted by Crippen LogP contribution is -2.30. The van der Waals surface area contributed by atoms with Crippen molar-refractivity contribution in [1.82, 2.24) is 14.3 Å². The molecule has 1 N–H and O–H groups in total. The lowest BCUT2D eigenvalue weighted by molar-refractivity contribution is -0.122. The van der Waals surface area contributed by atoms with Crippen molar-refractivity contribution >= 4 is 51.7 Å². The third kappa shape index (κ3) is 5.28. The SMILES string of the molecule is COc1ccc(CCN2C(=O)/C(=C/c3c(NC4CCCC4)nc4ccc(C)cn4c3=O)SC2=S)cc1OC. The van der Waals surface area contributed by atoms with E-state index in [1.165, 1.54) is 11.8 Å². The topological polar surface area (TPSA) is 85.2 Å². The number of nitrogens with one attached hydrogen (secondary N) is 1. The van der Waals surface area contributed by atoms with E-state index in [-0.39, 0.29) is 17.5 Å². The Bertz CT molecular complexity index is 1490. The normalized spacial score (nSPS) is 17.1. The molecule has 2 aliphatic rings. The number of methoxy groups -OCH3 is 2. The maximum absolute atomic E-state index is 13.6. The molecule has 10 heteroatoms. The number of carbonyl (C=O) groups is 1. The summed E-state index contributed by atoms with van der Waals surface area (Å²) >= 11 is 6.77. The van der Waals surface area contributed by atoms with E-state index in [0.717, 1.165) is 36.8 Å². The van der Waals surface area contributed by atoms with E-state index in [1.54, 1.807) is 35.8 Å². The van der Waals surface area contributed by atoms with Gasteiger partial charge in [0.1, 0.15) is 15.8 Å². The van der Waals surface area contributed by atoms with Crippen LogP contribution in [0.4, 0.5) is 5.82 Å². The van der Waals surface area contributed by atoms with Crippen LogP contribution >= 0.6 is 24.0 Å². The second kappa shape index (κ2) is 11.2. The largest absolute Gasteiger partial charge is 0.493 e. The van der Waals surface area contributed by atoms with Gasteiger partial charge in [0.05, 0.1) is 24.7 Å². The van der Waals surface area contributed by atoms with Crippen molar-refractivity contribution in [2.45, 2.75) is 45.1 Å². The first-order valence-corrected chi connectivity index (χ1v) is 13.9. The van der Waals surface area contributed by atoms with Gasteiger partial charge >= 0.3 is 0 Å². The molecule has 1 saturated carbocycles. The Balaban J connectivity index is 1.43. The molecule has 0 unspecified atom stereocenters. The molecular formula is C28H30N4O4S2. The van der Waals surface area contributed by atoms with Gasteiger partial charge in [-0.25, -0.2) is 4.98 Å². The number of fused-ring (bicyclic) bond motifs is 1. The number of nitrogens with zero attached hydrogens (tertiary/aromatic N) is 3. The maximum Gasteiger partial charge on any atom is 0.267 e. The number of hydrogen-bond donors (Lipinski definition) is 1. The molecule has 8 nitrogen and oxygen atoms in total. The molecule has 5 rings (SSSR count). The van der Waals surface area contributed by atoms with Crippen LogP contribution in [0, 0.1) is 6.92 Å². The Morgan fingerprint density at radius 3 is 2.63 bits per heavy atom. The fraction of sp³-hybridized carbons (Fsp3) is 0.357. The molecule has 1 amide bonds. The standard InChI is InChI=1S/C28H30N4O4S2/c1-17-8-11-24-30-25(29-19-6-4-5-7-19)20(26(33)32(24)16-17)15-23-27(34)31(28(37)38-23)13-12-18-9-10-21(35-2)22(14-18)36-3/h8-11,14-16,19,29H,4-7,12-13H2,1-3H3/b23-15-. The minimum atomic E-state index is -0.213. The van der Waals surface area contributed by atoms with Gasteiger partial charge in [-0.1, -0.05) is 49.0 Å². The molecule has 3 aromatic rings. The molecule has 1 aliphatic carbocycles. The summed E-state index contributed by atoms with van der Waals surface area (Å²) in [5, 5.41) is 3.48. The van der Waals surface area contributed by atoms with Gasteiger partial charge in [-0.2, -0.15) is 0 Å². The average molecular weight is 551 g/mol. The number of thiocarbonyl (C=S) groups is 1. The summed E-state index contributed by atoms with van der Waals surface area (Å²) in [7, 11) is 3.19. The molecule has 198 valence electrons. The minimum Gasteiger partial charge on any atom is -0.493 e. The molecule has 2 fully saturated rings. The summed E-state index contributed by atoms with van der Waals surface area (Å²) in [5.41, 5.74) is 2.68. The van der Waals surface area contributed by atoms with Crippen molar-refractivity contribution in [3.8, 4) is 11.5 Å². The highest BCUT2D eigenvalue weighted by atomic mass is 32.2. The van der Waals surface area contributed by atoms with E-state index >= 15 is 0 Å². The summed E-state index contributed by atoms with van der Waals surface area (Å²) < 4.78 is 12.7. The number of benzene rings is 1. The van der Waals surface area contributed by atoms with Gasteiger partial charge in [0.2, 0.25) is 0 Å². The predicted molar refractivity (Wildman–Crippen MR) is 155 cm³/mol. The second-order valence-corrected chi connectivity index (χ2v) is 11.2. The number of rotatable bonds is 8. The maximum atomic E-state index is 13.6. The second-order valence-electron chi connectivity index (χ2n) is 9.51. The summed E-state index contributed by atoms with van der Waals surface area (Å²) in [6.45, 7) is 2.35. The van der Waals surface area contributed by atoms with Gasteiger partial charge in [0, 0.05) is 18.8 Å². The van der Waals surface area contributed by atoms with Crippen LogP contribution in [-0.2, 0) is 11.2 Å². The molecule has 2 aromatic heterocycles. The number of carbonyl (C=O) groups excluding carboxylic acids is 1. The van der Waals surface area contributed by atoms with Crippen molar-refractivity contribution in [3.63, 3.8) is 0 Å². The van der Waals surface area contributed by atoms with Gasteiger partial charge in [-0.3, -0.25) is 18.9 Å². The van der Waals surface area contributed by atoms with Gasteiger partial charge in [-0.15, -0.1) is 0 Å². The van der Waals surface area contributed by atoms with Crippen molar-refractivity contribution < 1.29 is 14.3 Å². The number of thioether (sulfide) groups is 1. The van der Waals surface area contributed by atoms with E-state index in [2.05, 4.69) is 5.32 Å². The molecule has 38 heavy (non-hydrogen) atoms. The monoisotopic (exact) mass is 550 g/mol. The van der Waals surface area contributed by atoms with Crippen LogP contribution in [0.15, 0.2) is 46.2 Å². The fourth-order valence-electron chi connectivity index (χ4n) is 4.86. The van der Waals surface area contributed by atoms with E-state index in [0.29, 0.717) is 50.7 Å². The molecule has 3 heterocycles. The summed E-state index contributed by atoms with van der Waals surface area (Å²) in [4.78, 5) is 33.8. The first kappa shape index (κ1) is 26.2. The summed E-state index contributed by atoms with van der Waals surface area (Å²) in [6, 6.07) is 9.73. The first-order valence-electron chi connectivity index (χ1n) is 12.6. The van der Waals surface area contributed by atoms with Crippen molar-refractivity contribution in [2.75, 3.05) is 26.1 Å². The molecule has 0 bridgehead atoms. The third-order valence-corrected chi connectivity index (χ3v) is 8.30. The zero-order chi connectivity index (χ0) is 26.8. The Kier molecular flexibility index (Phi) is 7.71. The number of anilines is 1. The number of ether oxygens (including phenoxy) is 2. The highest BCUT2D eigenvalue weighted by molar-refractivity contribution is 8.26. The zero-order valence-corrected chi connectivity index (χ0v) is 23.3. The average Bonchev–Trinajstić information content (AvgIpc) is 3.52. The molecular weight excluding hydrogens is 520 g/mol. The van der Waals surface area contributed by atoms with Crippen LogP contribution in [-0.4, -0.2) is 51.3 Å². The quantitative estimate of drug-likeness (QED) is 0.316. The van der Waals surface area contributed by atoms with Gasteiger partial charge in [0.15, 0.2) is 11.5 Å². The van der Waals surface area contributed by atoms with Gasteiger partial charge < -0.3 is 14.8 Å². The number of aryl methyl sites for hydroxylation is 1. The predicted octanol–water partition coefficient (Wildman–Crippen LogP) is 4.82. The highest BCUT2D eigenvalue weighted by Gasteiger charge is 2.32. The Labute approximate surface area is 231 Å². The molecule has 1 saturated heterocycles. The van der Waals surface area contributed by atoms with Crippen LogP contribution < -0.4 is 20.3 Å². The van der Waals surface area contributed by atoms with Crippen LogP contribution in [0.2, 0.25) is 0 Å². The first-order chi connectivity index (χ1) is 18.4. The smallest absolute Gasteiger partial charge is 0.267 e. The van der Waals surface area contributed by atoms with E-state index in [4.69, 9.17) is 26.7 Å². The van der Waals surface area contributed by atoms with Gasteiger partial charge in [-0.05, 0) is 61.6 Å². The number of pyridine rings is 1. The van der Waals surface area contributed by atoms with Crippen molar-refractivity contribution in [1.29, 1.82) is 0 Å². The van der Waals surface area contributed by atoms with Crippen LogP contribution in [0.25, 0.3) is 11.7 Å². The Morgan fingerprint density at radius 1 is 1.13 bits per heavy atom. The Morgan fingerprint density at radius 2 is 1.89 bits per heavy atom. The molecule has 0 radical (unpaired) electrons. The zero-order valence-electron chi connectivity index (χ0n) is 21.7. The fourth-order valence-corrected chi connectivity index (χ4v) is 6.15. The minimum absolute atomic E-state index is 0.207. The van der Waals surface area contributed by atoms with Crippen LogP contribution in [0.3, 0.4) is 0 Å². The molecule has 0 atom stereocenters. The molecule has 1 aliphatic heterocycles. The third-order valence-electron chi connectivity index (χ3n) is 6.92. The Hall–Kier alpha value is -3.37. The van der Waals surface area contributed by atoms with E-state index in [9.17, 15) is 9.59 Å². The van der Waals surface area contributed by atoms with Crippen molar-refractivity contribution in [3.05, 3.63) is 68.5 Å². The number of amides is 1. The summed E-state index contributed by atoms with van der Waals surface area (Å²) in [5.74, 6) is 1.59. The van der Waals surface area contributed by atoms with E-state index in [1.807, 2.05) is 37.3 Å². The number of hydrogen-bond acceptors (Lipinski definition) is 8. The van der Waals surface area contributed by atoms with Gasteiger partial charge in [0.25, 0.3) is 11.5 Å². The number of aromatic nitrogens is 2. The van der Waals surface area contributed by atoms with Crippen molar-refractivity contribution in [2.24, 2.45) is 0 Å². The van der Waals surface area contributed by atoms with Crippen LogP contribution in [0.5, 0.6) is 11.5 Å². The lowest BCUT2D eigenvalue weighted by Gasteiger charge is -2.16. The van der Waals surface area contributed by atoms with E-state index < -0.39 is 0 Å². The highest BCUT2D eigenvalue weighted by Crippen LogP contribution is 2.34. The molecule has 0 spiro atoms. The summed E-state index contributed by atoms with van der Waals surface area (Å²) in [6.07, 6.45) is 8.38. The molecule has 1 aromatic carbocycles.